The molecular formula is C14H10F2N2. The summed E-state index contributed by atoms with van der Waals surface area (Å²) in [5.74, 6) is -1.19. The minimum atomic E-state index is -0.602. The van der Waals surface area contributed by atoms with Gasteiger partial charge in [0.15, 0.2) is 0 Å². The fourth-order valence-corrected chi connectivity index (χ4v) is 1.93. The summed E-state index contributed by atoms with van der Waals surface area (Å²) in [5, 5.41) is 4.27. The highest BCUT2D eigenvalue weighted by atomic mass is 19.1. The molecule has 0 fully saturated rings. The van der Waals surface area contributed by atoms with Gasteiger partial charge in [-0.1, -0.05) is 0 Å². The summed E-state index contributed by atoms with van der Waals surface area (Å²) in [6.45, 7) is 1.98. The first-order valence-corrected chi connectivity index (χ1v) is 5.55. The minimum absolute atomic E-state index is 0.303. The fraction of sp³-hybridized carbons (Fsp3) is 0.0714. The molecule has 3 aromatic rings. The van der Waals surface area contributed by atoms with Crippen LogP contribution in [0.15, 0.2) is 42.6 Å². The van der Waals surface area contributed by atoms with Crippen LogP contribution < -0.4 is 0 Å². The number of aryl methyl sites for hydroxylation is 1. The summed E-state index contributed by atoms with van der Waals surface area (Å²) in [5.41, 5.74) is 2.79. The van der Waals surface area contributed by atoms with E-state index in [0.29, 0.717) is 11.3 Å². The SMILES string of the molecule is Cc1ccn2nc(-c3ccc(F)cc3F)cc2c1. The van der Waals surface area contributed by atoms with Crippen molar-refractivity contribution in [2.75, 3.05) is 0 Å². The highest BCUT2D eigenvalue weighted by molar-refractivity contribution is 5.66. The fourth-order valence-electron chi connectivity index (χ4n) is 1.93. The van der Waals surface area contributed by atoms with Crippen molar-refractivity contribution in [2.24, 2.45) is 0 Å². The van der Waals surface area contributed by atoms with Crippen LogP contribution in [-0.2, 0) is 0 Å². The molecule has 0 saturated carbocycles. The van der Waals surface area contributed by atoms with E-state index in [-0.39, 0.29) is 0 Å². The Hall–Kier alpha value is -2.23. The van der Waals surface area contributed by atoms with Crippen LogP contribution >= 0.6 is 0 Å². The summed E-state index contributed by atoms with van der Waals surface area (Å²) in [6.07, 6.45) is 1.82. The maximum atomic E-state index is 13.7. The van der Waals surface area contributed by atoms with Gasteiger partial charge >= 0.3 is 0 Å². The third kappa shape index (κ3) is 1.76. The molecule has 0 N–H and O–H groups in total. The van der Waals surface area contributed by atoms with Crippen molar-refractivity contribution >= 4 is 5.52 Å². The molecule has 0 atom stereocenters. The molecular weight excluding hydrogens is 234 g/mol. The van der Waals surface area contributed by atoms with Crippen molar-refractivity contribution in [2.45, 2.75) is 6.92 Å². The van der Waals surface area contributed by atoms with Crippen molar-refractivity contribution in [1.29, 1.82) is 0 Å². The first-order valence-electron chi connectivity index (χ1n) is 5.55. The van der Waals surface area contributed by atoms with Crippen molar-refractivity contribution < 1.29 is 8.78 Å². The van der Waals surface area contributed by atoms with Crippen molar-refractivity contribution in [3.63, 3.8) is 0 Å². The lowest BCUT2D eigenvalue weighted by Crippen LogP contribution is -1.89. The number of halogens is 2. The zero-order valence-electron chi connectivity index (χ0n) is 9.69. The quantitative estimate of drug-likeness (QED) is 0.639. The molecule has 2 aromatic heterocycles. The van der Waals surface area contributed by atoms with Gasteiger partial charge in [0.1, 0.15) is 11.6 Å². The van der Waals surface area contributed by atoms with Crippen LogP contribution in [0.1, 0.15) is 5.56 Å². The molecule has 0 aliphatic heterocycles. The van der Waals surface area contributed by atoms with Gasteiger partial charge in [-0.15, -0.1) is 0 Å². The first kappa shape index (κ1) is 10.9. The highest BCUT2D eigenvalue weighted by Gasteiger charge is 2.10. The summed E-state index contributed by atoms with van der Waals surface area (Å²) in [6, 6.07) is 9.16. The second-order valence-corrected chi connectivity index (χ2v) is 4.23. The van der Waals surface area contributed by atoms with Gasteiger partial charge in [0.05, 0.1) is 11.2 Å². The van der Waals surface area contributed by atoms with Crippen molar-refractivity contribution in [3.05, 3.63) is 59.8 Å². The minimum Gasteiger partial charge on any atom is -0.240 e. The smallest absolute Gasteiger partial charge is 0.135 e. The highest BCUT2D eigenvalue weighted by Crippen LogP contribution is 2.23. The molecule has 0 amide bonds. The van der Waals surface area contributed by atoms with E-state index in [2.05, 4.69) is 5.10 Å². The second kappa shape index (κ2) is 3.91. The lowest BCUT2D eigenvalue weighted by atomic mass is 10.1. The maximum absolute atomic E-state index is 13.7. The van der Waals surface area contributed by atoms with E-state index in [4.69, 9.17) is 0 Å². The van der Waals surface area contributed by atoms with Crippen molar-refractivity contribution in [1.82, 2.24) is 9.61 Å². The van der Waals surface area contributed by atoms with E-state index < -0.39 is 11.6 Å². The van der Waals surface area contributed by atoms with E-state index in [1.54, 1.807) is 10.6 Å². The lowest BCUT2D eigenvalue weighted by molar-refractivity contribution is 0.585. The van der Waals surface area contributed by atoms with Crippen LogP contribution in [0.2, 0.25) is 0 Å². The van der Waals surface area contributed by atoms with E-state index in [0.717, 1.165) is 17.1 Å². The van der Waals surface area contributed by atoms with Gasteiger partial charge in [0.2, 0.25) is 0 Å². The Bertz CT molecular complexity index is 732. The van der Waals surface area contributed by atoms with Crippen LogP contribution in [0.4, 0.5) is 8.78 Å². The summed E-state index contributed by atoms with van der Waals surface area (Å²) in [4.78, 5) is 0. The van der Waals surface area contributed by atoms with Gasteiger partial charge in [-0.25, -0.2) is 13.3 Å². The van der Waals surface area contributed by atoms with Gasteiger partial charge in [0, 0.05) is 17.8 Å². The van der Waals surface area contributed by atoms with Gasteiger partial charge in [-0.2, -0.15) is 5.10 Å². The van der Waals surface area contributed by atoms with Gasteiger partial charge in [-0.05, 0) is 42.8 Å². The third-order valence-electron chi connectivity index (χ3n) is 2.83. The van der Waals surface area contributed by atoms with Crippen LogP contribution in [0, 0.1) is 18.6 Å². The molecule has 0 aliphatic rings. The van der Waals surface area contributed by atoms with Crippen molar-refractivity contribution in [3.8, 4) is 11.3 Å². The molecule has 3 rings (SSSR count). The van der Waals surface area contributed by atoms with E-state index in [1.807, 2.05) is 25.3 Å². The molecule has 0 unspecified atom stereocenters. The Morgan fingerprint density at radius 1 is 1.06 bits per heavy atom. The number of aromatic nitrogens is 2. The largest absolute Gasteiger partial charge is 0.240 e. The molecule has 0 bridgehead atoms. The molecule has 18 heavy (non-hydrogen) atoms. The monoisotopic (exact) mass is 244 g/mol. The van der Waals surface area contributed by atoms with Gasteiger partial charge in [-0.3, -0.25) is 0 Å². The van der Waals surface area contributed by atoms with Gasteiger partial charge < -0.3 is 0 Å². The third-order valence-corrected chi connectivity index (χ3v) is 2.83. The maximum Gasteiger partial charge on any atom is 0.135 e. The lowest BCUT2D eigenvalue weighted by Gasteiger charge is -1.98. The van der Waals surface area contributed by atoms with Crippen LogP contribution in [0.3, 0.4) is 0 Å². The number of rotatable bonds is 1. The van der Waals surface area contributed by atoms with E-state index >= 15 is 0 Å². The van der Waals surface area contributed by atoms with E-state index in [1.165, 1.54) is 12.1 Å². The predicted molar refractivity (Wildman–Crippen MR) is 65.3 cm³/mol. The number of fused-ring (bicyclic) bond motifs is 1. The average Bonchev–Trinajstić information content (AvgIpc) is 2.71. The zero-order chi connectivity index (χ0) is 12.7. The van der Waals surface area contributed by atoms with Crippen LogP contribution in [0.5, 0.6) is 0 Å². The summed E-state index contributed by atoms with van der Waals surface area (Å²) >= 11 is 0. The second-order valence-electron chi connectivity index (χ2n) is 4.23. The molecule has 1 aromatic carbocycles. The molecule has 4 heteroatoms. The molecule has 0 saturated heterocycles. The molecule has 2 nitrogen and oxygen atoms in total. The Labute approximate surface area is 102 Å². The summed E-state index contributed by atoms with van der Waals surface area (Å²) < 4.78 is 28.2. The Morgan fingerprint density at radius 2 is 1.89 bits per heavy atom. The number of hydrogen-bond acceptors (Lipinski definition) is 1. The first-order chi connectivity index (χ1) is 8.63. The molecule has 90 valence electrons. The van der Waals surface area contributed by atoms with Gasteiger partial charge in [0.25, 0.3) is 0 Å². The number of hydrogen-bond donors (Lipinski definition) is 0. The topological polar surface area (TPSA) is 17.3 Å². The normalized spacial score (nSPS) is 11.1. The predicted octanol–water partition coefficient (Wildman–Crippen LogP) is 3.59. The van der Waals surface area contributed by atoms with Crippen LogP contribution in [-0.4, -0.2) is 9.61 Å². The molecule has 0 aliphatic carbocycles. The van der Waals surface area contributed by atoms with Crippen LogP contribution in [0.25, 0.3) is 16.8 Å². The molecule has 0 radical (unpaired) electrons. The molecule has 2 heterocycles. The molecule has 0 spiro atoms. The zero-order valence-corrected chi connectivity index (χ0v) is 9.69. The standard InChI is InChI=1S/C14H10F2N2/c1-9-4-5-18-11(6-9)8-14(17-18)12-3-2-10(15)7-13(12)16/h2-8H,1H3. The Morgan fingerprint density at radius 3 is 2.67 bits per heavy atom. The Balaban J connectivity index is 2.19. The van der Waals surface area contributed by atoms with E-state index in [9.17, 15) is 8.78 Å². The number of pyridine rings is 1. The number of nitrogens with zero attached hydrogens (tertiary/aromatic N) is 2. The average molecular weight is 244 g/mol. The summed E-state index contributed by atoms with van der Waals surface area (Å²) in [7, 11) is 0. The Kier molecular flexibility index (Phi) is 2.37. The number of benzene rings is 1.